The van der Waals surface area contributed by atoms with Crippen molar-refractivity contribution in [3.05, 3.63) is 34.9 Å². The number of carbonyl (C=O) groups is 3. The van der Waals surface area contributed by atoms with Crippen LogP contribution in [0.15, 0.2) is 24.3 Å². The summed E-state index contributed by atoms with van der Waals surface area (Å²) in [7, 11) is 0. The second-order valence-electron chi connectivity index (χ2n) is 4.01. The minimum Gasteiger partial charge on any atom is -0.355 e. The van der Waals surface area contributed by atoms with E-state index in [0.29, 0.717) is 5.02 Å². The van der Waals surface area contributed by atoms with Gasteiger partial charge < -0.3 is 16.0 Å². The molecule has 6 nitrogen and oxygen atoms in total. The van der Waals surface area contributed by atoms with Crippen molar-refractivity contribution < 1.29 is 14.4 Å². The maximum atomic E-state index is 11.5. The van der Waals surface area contributed by atoms with Crippen LogP contribution in [-0.4, -0.2) is 30.8 Å². The van der Waals surface area contributed by atoms with Gasteiger partial charge in [0, 0.05) is 31.6 Å². The molecule has 0 radical (unpaired) electrons. The van der Waals surface area contributed by atoms with Crippen molar-refractivity contribution in [3.63, 3.8) is 0 Å². The average Bonchev–Trinajstić information content (AvgIpc) is 2.42. The van der Waals surface area contributed by atoms with Crippen LogP contribution in [0.5, 0.6) is 0 Å². The Morgan fingerprint density at radius 1 is 1.00 bits per heavy atom. The Bertz CT molecular complexity index is 505. The van der Waals surface area contributed by atoms with E-state index in [1.165, 1.54) is 6.92 Å². The first-order valence-corrected chi connectivity index (χ1v) is 6.42. The smallest absolute Gasteiger partial charge is 0.309 e. The third-order valence-corrected chi connectivity index (χ3v) is 2.76. The summed E-state index contributed by atoms with van der Waals surface area (Å²) in [6.07, 6.45) is 0. The summed E-state index contributed by atoms with van der Waals surface area (Å²) in [5.74, 6) is -1.68. The normalized spacial score (nSPS) is 9.70. The summed E-state index contributed by atoms with van der Waals surface area (Å²) in [6, 6.07) is 7.04. The number of rotatable bonds is 5. The number of carbonyl (C=O) groups excluding carboxylic acids is 3. The summed E-state index contributed by atoms with van der Waals surface area (Å²) in [4.78, 5) is 33.5. The Morgan fingerprint density at radius 2 is 1.60 bits per heavy atom. The molecule has 0 saturated carbocycles. The fraction of sp³-hybridized carbons (Fsp3) is 0.308. The van der Waals surface area contributed by atoms with Gasteiger partial charge in [-0.05, 0) is 11.6 Å². The van der Waals surface area contributed by atoms with Gasteiger partial charge in [-0.3, -0.25) is 14.4 Å². The minimum absolute atomic E-state index is 0.178. The molecule has 0 aliphatic rings. The lowest BCUT2D eigenvalue weighted by molar-refractivity contribution is -0.139. The van der Waals surface area contributed by atoms with Gasteiger partial charge in [-0.1, -0.05) is 29.8 Å². The lowest BCUT2D eigenvalue weighted by Crippen LogP contribution is -2.42. The van der Waals surface area contributed by atoms with Gasteiger partial charge >= 0.3 is 11.8 Å². The SMILES string of the molecule is CC(=O)NCCNC(=O)C(=O)NCc1ccccc1Cl. The topological polar surface area (TPSA) is 87.3 Å². The van der Waals surface area contributed by atoms with Gasteiger partial charge in [0.25, 0.3) is 0 Å². The average molecular weight is 298 g/mol. The molecule has 7 heteroatoms. The Kier molecular flexibility index (Phi) is 6.52. The van der Waals surface area contributed by atoms with Crippen LogP contribution in [0.3, 0.4) is 0 Å². The molecule has 0 saturated heterocycles. The Morgan fingerprint density at radius 3 is 2.25 bits per heavy atom. The van der Waals surface area contributed by atoms with E-state index in [0.717, 1.165) is 5.56 Å². The van der Waals surface area contributed by atoms with Gasteiger partial charge in [0.1, 0.15) is 0 Å². The molecule has 0 spiro atoms. The zero-order valence-corrected chi connectivity index (χ0v) is 11.8. The molecule has 1 rings (SSSR count). The molecule has 0 unspecified atom stereocenters. The van der Waals surface area contributed by atoms with Crippen molar-refractivity contribution >= 4 is 29.3 Å². The number of nitrogens with one attached hydrogen (secondary N) is 3. The van der Waals surface area contributed by atoms with E-state index in [4.69, 9.17) is 11.6 Å². The first-order valence-electron chi connectivity index (χ1n) is 6.04. The highest BCUT2D eigenvalue weighted by atomic mass is 35.5. The first-order chi connectivity index (χ1) is 9.50. The number of hydrogen-bond donors (Lipinski definition) is 3. The summed E-state index contributed by atoms with van der Waals surface area (Å²) < 4.78 is 0. The molecule has 0 bridgehead atoms. The van der Waals surface area contributed by atoms with E-state index in [1.54, 1.807) is 24.3 Å². The predicted molar refractivity (Wildman–Crippen MR) is 75.0 cm³/mol. The summed E-state index contributed by atoms with van der Waals surface area (Å²) >= 11 is 5.93. The molecule has 0 aromatic heterocycles. The molecule has 0 fully saturated rings. The van der Waals surface area contributed by atoms with Gasteiger partial charge in [-0.15, -0.1) is 0 Å². The van der Waals surface area contributed by atoms with E-state index < -0.39 is 11.8 Å². The Hall–Kier alpha value is -2.08. The second-order valence-corrected chi connectivity index (χ2v) is 4.42. The van der Waals surface area contributed by atoms with Gasteiger partial charge in [0.15, 0.2) is 0 Å². The quantitative estimate of drug-likeness (QED) is 0.536. The minimum atomic E-state index is -0.748. The molecule has 20 heavy (non-hydrogen) atoms. The van der Waals surface area contributed by atoms with Gasteiger partial charge in [-0.2, -0.15) is 0 Å². The van der Waals surface area contributed by atoms with Crippen LogP contribution >= 0.6 is 11.6 Å². The molecular formula is C13H16ClN3O3. The fourth-order valence-corrected chi connectivity index (χ4v) is 1.59. The summed E-state index contributed by atoms with van der Waals surface area (Å²) in [6.45, 7) is 2.02. The number of amides is 3. The zero-order valence-electron chi connectivity index (χ0n) is 11.0. The standard InChI is InChI=1S/C13H16ClN3O3/c1-9(18)15-6-7-16-12(19)13(20)17-8-10-4-2-3-5-11(10)14/h2-5H,6-8H2,1H3,(H,15,18)(H,16,19)(H,17,20). The number of benzene rings is 1. The van der Waals surface area contributed by atoms with Crippen LogP contribution in [0.25, 0.3) is 0 Å². The molecule has 0 aliphatic carbocycles. The molecule has 1 aromatic rings. The second kappa shape index (κ2) is 8.16. The van der Waals surface area contributed by atoms with Crippen molar-refractivity contribution in [1.82, 2.24) is 16.0 Å². The molecule has 3 amide bonds. The number of halogens is 1. The van der Waals surface area contributed by atoms with E-state index >= 15 is 0 Å². The highest BCUT2D eigenvalue weighted by Crippen LogP contribution is 2.13. The zero-order chi connectivity index (χ0) is 15.0. The maximum Gasteiger partial charge on any atom is 0.309 e. The van der Waals surface area contributed by atoms with E-state index in [-0.39, 0.29) is 25.5 Å². The number of hydrogen-bond acceptors (Lipinski definition) is 3. The molecule has 3 N–H and O–H groups in total. The van der Waals surface area contributed by atoms with Crippen LogP contribution in [0.1, 0.15) is 12.5 Å². The monoisotopic (exact) mass is 297 g/mol. The van der Waals surface area contributed by atoms with Crippen molar-refractivity contribution in [2.24, 2.45) is 0 Å². The van der Waals surface area contributed by atoms with Crippen molar-refractivity contribution in [2.45, 2.75) is 13.5 Å². The van der Waals surface area contributed by atoms with E-state index in [1.807, 2.05) is 0 Å². The van der Waals surface area contributed by atoms with Gasteiger partial charge in [-0.25, -0.2) is 0 Å². The van der Waals surface area contributed by atoms with E-state index in [9.17, 15) is 14.4 Å². The van der Waals surface area contributed by atoms with Crippen LogP contribution in [-0.2, 0) is 20.9 Å². The summed E-state index contributed by atoms with van der Waals surface area (Å²) in [5.41, 5.74) is 0.730. The fourth-order valence-electron chi connectivity index (χ4n) is 1.39. The first kappa shape index (κ1) is 16.0. The molecule has 108 valence electrons. The largest absolute Gasteiger partial charge is 0.355 e. The molecule has 1 aromatic carbocycles. The van der Waals surface area contributed by atoms with Crippen molar-refractivity contribution in [2.75, 3.05) is 13.1 Å². The summed E-state index contributed by atoms with van der Waals surface area (Å²) in [5, 5.41) is 7.89. The highest BCUT2D eigenvalue weighted by Gasteiger charge is 2.12. The van der Waals surface area contributed by atoms with Crippen LogP contribution in [0.4, 0.5) is 0 Å². The van der Waals surface area contributed by atoms with Gasteiger partial charge in [0.05, 0.1) is 0 Å². The van der Waals surface area contributed by atoms with Crippen LogP contribution in [0, 0.1) is 0 Å². The molecule has 0 aliphatic heterocycles. The van der Waals surface area contributed by atoms with E-state index in [2.05, 4.69) is 16.0 Å². The van der Waals surface area contributed by atoms with Crippen molar-refractivity contribution in [1.29, 1.82) is 0 Å². The predicted octanol–water partition coefficient (Wildman–Crippen LogP) is 0.208. The molecule has 0 atom stereocenters. The van der Waals surface area contributed by atoms with Crippen molar-refractivity contribution in [3.8, 4) is 0 Å². The van der Waals surface area contributed by atoms with Gasteiger partial charge in [0.2, 0.25) is 5.91 Å². The molecular weight excluding hydrogens is 282 g/mol. The Balaban J connectivity index is 2.30. The van der Waals surface area contributed by atoms with Crippen LogP contribution in [0.2, 0.25) is 5.02 Å². The molecule has 0 heterocycles. The maximum absolute atomic E-state index is 11.5. The van der Waals surface area contributed by atoms with Crippen LogP contribution < -0.4 is 16.0 Å². The third-order valence-electron chi connectivity index (χ3n) is 2.39. The lowest BCUT2D eigenvalue weighted by atomic mass is 10.2. The lowest BCUT2D eigenvalue weighted by Gasteiger charge is -2.07. The third kappa shape index (κ3) is 5.71. The Labute approximate surface area is 121 Å². The highest BCUT2D eigenvalue weighted by molar-refractivity contribution is 6.35.